The van der Waals surface area contributed by atoms with E-state index in [-0.39, 0.29) is 5.91 Å². The molecule has 5 nitrogen and oxygen atoms in total. The Bertz CT molecular complexity index is 826. The van der Waals surface area contributed by atoms with Crippen molar-refractivity contribution >= 4 is 5.91 Å². The Hall–Kier alpha value is -3.02. The van der Waals surface area contributed by atoms with Crippen LogP contribution in [0.1, 0.15) is 21.8 Å². The van der Waals surface area contributed by atoms with Crippen molar-refractivity contribution in [1.82, 2.24) is 15.5 Å². The first-order valence-corrected chi connectivity index (χ1v) is 7.55. The molecule has 1 aromatic heterocycles. The zero-order valence-corrected chi connectivity index (χ0v) is 13.1. The average Bonchev–Trinajstić information content (AvgIpc) is 3.03. The van der Waals surface area contributed by atoms with Crippen LogP contribution in [0.2, 0.25) is 0 Å². The minimum Gasteiger partial charge on any atom is -0.421 e. The lowest BCUT2D eigenvalue weighted by Gasteiger charge is -2.05. The van der Waals surface area contributed by atoms with Gasteiger partial charge in [-0.1, -0.05) is 18.2 Å². The Morgan fingerprint density at radius 1 is 1.17 bits per heavy atom. The van der Waals surface area contributed by atoms with E-state index in [9.17, 15) is 9.18 Å². The summed E-state index contributed by atoms with van der Waals surface area (Å²) in [5.74, 6) is 0.118. The molecule has 2 aromatic carbocycles. The van der Waals surface area contributed by atoms with Crippen LogP contribution in [0.3, 0.4) is 0 Å². The summed E-state index contributed by atoms with van der Waals surface area (Å²) in [5.41, 5.74) is 1.84. The molecule has 0 saturated carbocycles. The van der Waals surface area contributed by atoms with E-state index < -0.39 is 5.82 Å². The summed E-state index contributed by atoms with van der Waals surface area (Å²) in [7, 11) is 0. The highest BCUT2D eigenvalue weighted by atomic mass is 19.1. The number of nitrogens with zero attached hydrogens (tertiary/aromatic N) is 2. The summed E-state index contributed by atoms with van der Waals surface area (Å²) in [6, 6.07) is 13.7. The first kappa shape index (κ1) is 15.9. The predicted molar refractivity (Wildman–Crippen MR) is 86.9 cm³/mol. The third kappa shape index (κ3) is 3.84. The molecule has 0 fully saturated rings. The van der Waals surface area contributed by atoms with Crippen LogP contribution in [0.15, 0.2) is 52.9 Å². The van der Waals surface area contributed by atoms with E-state index in [1.165, 1.54) is 12.1 Å². The van der Waals surface area contributed by atoms with E-state index in [4.69, 9.17) is 4.42 Å². The molecule has 122 valence electrons. The standard InChI is InChI=1S/C18H16FN3O2/c1-12-9-14(11-15(19)10-12)17(23)20-8-7-16-21-22-18(24-16)13-5-3-2-4-6-13/h2-6,9-11H,7-8H2,1H3,(H,20,23). The number of carbonyl (C=O) groups excluding carboxylic acids is 1. The highest BCUT2D eigenvalue weighted by Gasteiger charge is 2.10. The minimum atomic E-state index is -0.426. The molecule has 3 aromatic rings. The van der Waals surface area contributed by atoms with Gasteiger partial charge < -0.3 is 9.73 Å². The molecule has 0 atom stereocenters. The average molecular weight is 325 g/mol. The van der Waals surface area contributed by atoms with Crippen molar-refractivity contribution in [2.24, 2.45) is 0 Å². The van der Waals surface area contributed by atoms with Crippen molar-refractivity contribution in [3.63, 3.8) is 0 Å². The number of aryl methyl sites for hydroxylation is 1. The molecule has 0 saturated heterocycles. The normalized spacial score (nSPS) is 10.6. The van der Waals surface area contributed by atoms with Gasteiger partial charge in [0.25, 0.3) is 5.91 Å². The summed E-state index contributed by atoms with van der Waals surface area (Å²) >= 11 is 0. The van der Waals surface area contributed by atoms with Gasteiger partial charge in [0.2, 0.25) is 11.8 Å². The van der Waals surface area contributed by atoms with Gasteiger partial charge in [-0.05, 0) is 42.8 Å². The lowest BCUT2D eigenvalue weighted by molar-refractivity contribution is 0.0953. The van der Waals surface area contributed by atoms with E-state index in [0.717, 1.165) is 5.56 Å². The highest BCUT2D eigenvalue weighted by Crippen LogP contribution is 2.16. The molecule has 0 aliphatic heterocycles. The Morgan fingerprint density at radius 2 is 1.96 bits per heavy atom. The van der Waals surface area contributed by atoms with Crippen molar-refractivity contribution in [2.45, 2.75) is 13.3 Å². The number of nitrogens with one attached hydrogen (secondary N) is 1. The number of hydrogen-bond acceptors (Lipinski definition) is 4. The predicted octanol–water partition coefficient (Wildman–Crippen LogP) is 3.16. The first-order chi connectivity index (χ1) is 11.6. The van der Waals surface area contributed by atoms with Gasteiger partial charge in [0.1, 0.15) is 5.82 Å². The van der Waals surface area contributed by atoms with E-state index in [1.54, 1.807) is 13.0 Å². The highest BCUT2D eigenvalue weighted by molar-refractivity contribution is 5.94. The molecule has 1 N–H and O–H groups in total. The van der Waals surface area contributed by atoms with Crippen LogP contribution in [0.25, 0.3) is 11.5 Å². The molecule has 0 spiro atoms. The zero-order chi connectivity index (χ0) is 16.9. The molecule has 0 bridgehead atoms. The summed E-state index contributed by atoms with van der Waals surface area (Å²) in [6.45, 7) is 2.06. The van der Waals surface area contributed by atoms with Crippen LogP contribution in [0.4, 0.5) is 4.39 Å². The molecule has 24 heavy (non-hydrogen) atoms. The molecular formula is C18H16FN3O2. The number of hydrogen-bond donors (Lipinski definition) is 1. The van der Waals surface area contributed by atoms with Gasteiger partial charge in [-0.15, -0.1) is 10.2 Å². The fourth-order valence-electron chi connectivity index (χ4n) is 2.30. The first-order valence-electron chi connectivity index (χ1n) is 7.55. The van der Waals surface area contributed by atoms with Crippen molar-refractivity contribution in [3.8, 4) is 11.5 Å². The van der Waals surface area contributed by atoms with Crippen LogP contribution < -0.4 is 5.32 Å². The number of carbonyl (C=O) groups is 1. The SMILES string of the molecule is Cc1cc(F)cc(C(=O)NCCc2nnc(-c3ccccc3)o2)c1. The number of amides is 1. The van der Waals surface area contributed by atoms with E-state index in [1.807, 2.05) is 30.3 Å². The lowest BCUT2D eigenvalue weighted by Crippen LogP contribution is -2.26. The Labute approximate surface area is 138 Å². The summed E-state index contributed by atoms with van der Waals surface area (Å²) in [6.07, 6.45) is 0.403. The van der Waals surface area contributed by atoms with Gasteiger partial charge in [0, 0.05) is 24.1 Å². The number of benzene rings is 2. The fraction of sp³-hybridized carbons (Fsp3) is 0.167. The molecular weight excluding hydrogens is 309 g/mol. The molecule has 1 amide bonds. The van der Waals surface area contributed by atoms with Crippen molar-refractivity contribution < 1.29 is 13.6 Å². The van der Waals surface area contributed by atoms with E-state index >= 15 is 0 Å². The lowest BCUT2D eigenvalue weighted by atomic mass is 10.1. The minimum absolute atomic E-state index is 0.294. The van der Waals surface area contributed by atoms with Crippen molar-refractivity contribution in [1.29, 1.82) is 0 Å². The fourth-order valence-corrected chi connectivity index (χ4v) is 2.30. The van der Waals surface area contributed by atoms with Crippen LogP contribution in [-0.2, 0) is 6.42 Å². The summed E-state index contributed by atoms with van der Waals surface area (Å²) in [4.78, 5) is 12.0. The monoisotopic (exact) mass is 325 g/mol. The molecule has 0 aliphatic carbocycles. The molecule has 0 aliphatic rings. The largest absolute Gasteiger partial charge is 0.421 e. The topological polar surface area (TPSA) is 68.0 Å². The van der Waals surface area contributed by atoms with Crippen LogP contribution in [0.5, 0.6) is 0 Å². The quantitative estimate of drug-likeness (QED) is 0.782. The van der Waals surface area contributed by atoms with Gasteiger partial charge in [0.05, 0.1) is 0 Å². The number of halogens is 1. The second kappa shape index (κ2) is 7.04. The van der Waals surface area contributed by atoms with Gasteiger partial charge in [-0.3, -0.25) is 4.79 Å². The van der Waals surface area contributed by atoms with Crippen molar-refractivity contribution in [2.75, 3.05) is 6.54 Å². The second-order valence-electron chi connectivity index (χ2n) is 5.39. The van der Waals surface area contributed by atoms with E-state index in [2.05, 4.69) is 15.5 Å². The maximum atomic E-state index is 13.3. The molecule has 0 radical (unpaired) electrons. The maximum Gasteiger partial charge on any atom is 0.251 e. The molecule has 6 heteroatoms. The van der Waals surface area contributed by atoms with E-state index in [0.29, 0.717) is 35.9 Å². The van der Waals surface area contributed by atoms with Gasteiger partial charge in [-0.25, -0.2) is 4.39 Å². The van der Waals surface area contributed by atoms with Crippen LogP contribution >= 0.6 is 0 Å². The Morgan fingerprint density at radius 3 is 2.71 bits per heavy atom. The smallest absolute Gasteiger partial charge is 0.251 e. The van der Waals surface area contributed by atoms with Gasteiger partial charge in [0.15, 0.2) is 0 Å². The zero-order valence-electron chi connectivity index (χ0n) is 13.1. The summed E-state index contributed by atoms with van der Waals surface area (Å²) in [5, 5.41) is 10.7. The molecule has 0 unspecified atom stereocenters. The van der Waals surface area contributed by atoms with Gasteiger partial charge >= 0.3 is 0 Å². The van der Waals surface area contributed by atoms with Crippen molar-refractivity contribution in [3.05, 3.63) is 71.4 Å². The number of aromatic nitrogens is 2. The third-order valence-corrected chi connectivity index (χ3v) is 3.42. The Balaban J connectivity index is 1.57. The second-order valence-corrected chi connectivity index (χ2v) is 5.39. The summed E-state index contributed by atoms with van der Waals surface area (Å²) < 4.78 is 18.9. The van der Waals surface area contributed by atoms with Crippen LogP contribution in [-0.4, -0.2) is 22.6 Å². The maximum absolute atomic E-state index is 13.3. The molecule has 1 heterocycles. The number of rotatable bonds is 5. The van der Waals surface area contributed by atoms with Crippen LogP contribution in [0, 0.1) is 12.7 Å². The Kier molecular flexibility index (Phi) is 4.65. The third-order valence-electron chi connectivity index (χ3n) is 3.42. The van der Waals surface area contributed by atoms with Gasteiger partial charge in [-0.2, -0.15) is 0 Å². The molecule has 3 rings (SSSR count).